The van der Waals surface area contributed by atoms with Gasteiger partial charge in [0, 0.05) is 29.4 Å². The number of nitrogens with one attached hydrogen (secondary N) is 2. The van der Waals surface area contributed by atoms with Crippen LogP contribution in [0.4, 0.5) is 0 Å². The van der Waals surface area contributed by atoms with Crippen LogP contribution in [0.3, 0.4) is 0 Å². The number of carboxylic acid groups (broad SMARTS) is 2. The third-order valence-electron chi connectivity index (χ3n) is 12.7. The largest absolute Gasteiger partial charge is 0.480 e. The number of carbonyl (C=O) groups is 7. The lowest BCUT2D eigenvalue weighted by molar-refractivity contribution is -0.189. The number of esters is 3. The third-order valence-corrected chi connectivity index (χ3v) is 12.7. The predicted molar refractivity (Wildman–Crippen MR) is 247 cm³/mol. The Bertz CT molecular complexity index is 2380. The maximum Gasteiger partial charge on any atom is 0.355 e. The van der Waals surface area contributed by atoms with Crippen LogP contribution in [-0.2, 0) is 68.2 Å². The van der Waals surface area contributed by atoms with Crippen molar-refractivity contribution in [3.8, 4) is 17.1 Å². The number of carboxylic acids is 2. The van der Waals surface area contributed by atoms with E-state index in [4.69, 9.17) is 19.2 Å². The fourth-order valence-corrected chi connectivity index (χ4v) is 8.93. The summed E-state index contributed by atoms with van der Waals surface area (Å²) >= 11 is 0. The summed E-state index contributed by atoms with van der Waals surface area (Å²) in [6.45, 7) is 7.56. The van der Waals surface area contributed by atoms with Gasteiger partial charge in [0.25, 0.3) is 5.56 Å². The summed E-state index contributed by atoms with van der Waals surface area (Å²) in [6.07, 6.45) is 11.2. The SMILES string of the molecule is CCCCCCCCC(NC(=O)CCC(=O)Oc1ccc2nc3c(c(CC)c2c1)Cn1c-3cc2c(c1=O)COC(=O)[C@@]2(CC)OC(=O)CCC(=O)NC(CCCCCCCC)C(=O)O)C(=O)O. The fourth-order valence-electron chi connectivity index (χ4n) is 8.93. The average molecular weight is 931 g/mol. The van der Waals surface area contributed by atoms with Crippen molar-refractivity contribution in [2.24, 2.45) is 0 Å². The van der Waals surface area contributed by atoms with Crippen LogP contribution in [0.15, 0.2) is 29.1 Å². The minimum absolute atomic E-state index is 0.0918. The zero-order chi connectivity index (χ0) is 48.7. The normalized spacial score (nSPS) is 15.7. The number of carbonyl (C=O) groups excluding carboxylic acids is 5. The van der Waals surface area contributed by atoms with Gasteiger partial charge in [-0.05, 0) is 55.5 Å². The Kier molecular flexibility index (Phi) is 19.0. The number of pyridine rings is 2. The Morgan fingerprint density at radius 1 is 0.746 bits per heavy atom. The number of hydrogen-bond acceptors (Lipinski definition) is 12. The van der Waals surface area contributed by atoms with E-state index in [0.717, 1.165) is 75.3 Å². The minimum Gasteiger partial charge on any atom is -0.480 e. The van der Waals surface area contributed by atoms with E-state index in [1.54, 1.807) is 31.2 Å². The first-order chi connectivity index (χ1) is 32.2. The van der Waals surface area contributed by atoms with E-state index < -0.39 is 71.3 Å². The Balaban J connectivity index is 1.27. The maximum absolute atomic E-state index is 14.2. The molecule has 0 radical (unpaired) electrons. The standard InChI is InChI=1S/C50H66N4O13/c1-5-9-11-13-15-17-19-38(47(60)61)51-41(55)23-25-43(57)66-31-21-22-37-33(27-31)32(7-3)34-29-54-40(45(34)53-37)28-36-35(46(54)59)30-65-49(64)50(36,8-4)67-44(58)26-24-42(56)52-39(48(62)63)20-18-16-14-12-10-6-2/h21-22,27-28,38-39H,5-20,23-26,29-30H2,1-4H3,(H,51,55)(H,52,56)(H,60,61)(H,62,63)/t38?,39?,50-/m0/s1. The quantitative estimate of drug-likeness (QED) is 0.0248. The molecule has 0 spiro atoms. The number of aromatic nitrogens is 2. The molecule has 5 rings (SSSR count). The predicted octanol–water partition coefficient (Wildman–Crippen LogP) is 7.30. The molecule has 2 unspecified atom stereocenters. The summed E-state index contributed by atoms with van der Waals surface area (Å²) in [7, 11) is 0. The van der Waals surface area contributed by atoms with Gasteiger partial charge in [-0.3, -0.25) is 24.0 Å². The Morgan fingerprint density at radius 3 is 1.87 bits per heavy atom. The third kappa shape index (κ3) is 13.1. The number of benzene rings is 1. The zero-order valence-corrected chi connectivity index (χ0v) is 39.3. The highest BCUT2D eigenvalue weighted by atomic mass is 16.6. The number of ether oxygens (including phenoxy) is 3. The number of aryl methyl sites for hydroxylation is 1. The summed E-state index contributed by atoms with van der Waals surface area (Å²) in [5, 5.41) is 25.0. The first-order valence-corrected chi connectivity index (χ1v) is 24.0. The van der Waals surface area contributed by atoms with Gasteiger partial charge in [-0.1, -0.05) is 105 Å². The number of fused-ring (bicyclic) bond motifs is 5. The van der Waals surface area contributed by atoms with Gasteiger partial charge in [0.05, 0.1) is 41.9 Å². The summed E-state index contributed by atoms with van der Waals surface area (Å²) in [5.41, 5.74) is 0.798. The van der Waals surface area contributed by atoms with Crippen molar-refractivity contribution in [2.75, 3.05) is 0 Å². The highest BCUT2D eigenvalue weighted by Gasteiger charge is 2.50. The molecule has 4 N–H and O–H groups in total. The lowest BCUT2D eigenvalue weighted by Gasteiger charge is -2.35. The number of rotatable bonds is 28. The molecule has 17 nitrogen and oxygen atoms in total. The van der Waals surface area contributed by atoms with Crippen LogP contribution in [0.25, 0.3) is 22.3 Å². The first-order valence-electron chi connectivity index (χ1n) is 24.0. The van der Waals surface area contributed by atoms with Crippen molar-refractivity contribution in [2.45, 2.75) is 187 Å². The second-order valence-corrected chi connectivity index (χ2v) is 17.5. The van der Waals surface area contributed by atoms with Crippen molar-refractivity contribution in [1.29, 1.82) is 0 Å². The summed E-state index contributed by atoms with van der Waals surface area (Å²) < 4.78 is 18.5. The number of cyclic esters (lactones) is 1. The van der Waals surface area contributed by atoms with Crippen LogP contribution in [-0.4, -0.2) is 73.5 Å². The maximum atomic E-state index is 14.2. The van der Waals surface area contributed by atoms with Gasteiger partial charge in [0.2, 0.25) is 17.4 Å². The van der Waals surface area contributed by atoms with Crippen molar-refractivity contribution < 1.29 is 58.0 Å². The molecular formula is C50H66N4O13. The van der Waals surface area contributed by atoms with Gasteiger partial charge in [-0.25, -0.2) is 19.4 Å². The molecular weight excluding hydrogens is 865 g/mol. The molecule has 0 aliphatic carbocycles. The van der Waals surface area contributed by atoms with E-state index in [0.29, 0.717) is 48.0 Å². The molecule has 4 heterocycles. The van der Waals surface area contributed by atoms with Crippen molar-refractivity contribution in [1.82, 2.24) is 20.2 Å². The van der Waals surface area contributed by atoms with E-state index in [-0.39, 0.29) is 62.1 Å². The van der Waals surface area contributed by atoms with Crippen molar-refractivity contribution in [3.63, 3.8) is 0 Å². The molecule has 2 aliphatic heterocycles. The van der Waals surface area contributed by atoms with Gasteiger partial charge in [0.1, 0.15) is 24.4 Å². The first kappa shape index (κ1) is 51.8. The summed E-state index contributed by atoms with van der Waals surface area (Å²) in [5.74, 6) is -5.75. The van der Waals surface area contributed by atoms with Gasteiger partial charge in [-0.15, -0.1) is 0 Å². The number of amides is 2. The molecule has 0 fully saturated rings. The molecule has 1 aromatic carbocycles. The highest BCUT2D eigenvalue weighted by molar-refractivity contribution is 5.92. The van der Waals surface area contributed by atoms with Crippen LogP contribution in [0, 0.1) is 0 Å². The molecule has 0 saturated carbocycles. The molecule has 0 bridgehead atoms. The summed E-state index contributed by atoms with van der Waals surface area (Å²) in [6, 6.07) is 4.38. The van der Waals surface area contributed by atoms with E-state index >= 15 is 0 Å². The molecule has 3 atom stereocenters. The van der Waals surface area contributed by atoms with Crippen LogP contribution in [0.2, 0.25) is 0 Å². The van der Waals surface area contributed by atoms with Gasteiger partial charge in [-0.2, -0.15) is 0 Å². The van der Waals surface area contributed by atoms with Crippen LogP contribution >= 0.6 is 0 Å². The molecule has 364 valence electrons. The molecule has 0 saturated heterocycles. The number of nitrogens with zero attached hydrogens (tertiary/aromatic N) is 2. The molecule has 67 heavy (non-hydrogen) atoms. The minimum atomic E-state index is -2.00. The lowest BCUT2D eigenvalue weighted by Crippen LogP contribution is -2.47. The van der Waals surface area contributed by atoms with Crippen molar-refractivity contribution in [3.05, 3.63) is 56.9 Å². The second kappa shape index (κ2) is 24.6. The smallest absolute Gasteiger partial charge is 0.355 e. The van der Waals surface area contributed by atoms with Crippen LogP contribution in [0.1, 0.15) is 172 Å². The number of unbranched alkanes of at least 4 members (excludes halogenated alkanes) is 10. The molecule has 3 aromatic rings. The number of hydrogen-bond donors (Lipinski definition) is 4. The van der Waals surface area contributed by atoms with Gasteiger partial charge in [0.15, 0.2) is 0 Å². The Hall–Kier alpha value is -6.13. The molecule has 2 aromatic heterocycles. The van der Waals surface area contributed by atoms with E-state index in [9.17, 15) is 48.6 Å². The lowest BCUT2D eigenvalue weighted by atomic mass is 9.85. The monoisotopic (exact) mass is 930 g/mol. The van der Waals surface area contributed by atoms with Crippen LogP contribution < -0.4 is 20.9 Å². The summed E-state index contributed by atoms with van der Waals surface area (Å²) in [4.78, 5) is 108. The topological polar surface area (TPSA) is 247 Å². The van der Waals surface area contributed by atoms with Gasteiger partial charge >= 0.3 is 29.8 Å². The fraction of sp³-hybridized carbons (Fsp3) is 0.580. The van der Waals surface area contributed by atoms with E-state index in [1.807, 2.05) is 6.92 Å². The zero-order valence-electron chi connectivity index (χ0n) is 39.3. The highest BCUT2D eigenvalue weighted by Crippen LogP contribution is 2.42. The van der Waals surface area contributed by atoms with E-state index in [1.165, 1.54) is 4.57 Å². The Morgan fingerprint density at radius 2 is 1.31 bits per heavy atom. The second-order valence-electron chi connectivity index (χ2n) is 17.5. The van der Waals surface area contributed by atoms with Gasteiger partial charge < -0.3 is 39.6 Å². The molecule has 2 aliphatic rings. The number of aliphatic carboxylic acids is 2. The average Bonchev–Trinajstić information content (AvgIpc) is 3.67. The van der Waals surface area contributed by atoms with Crippen LogP contribution in [0.5, 0.6) is 5.75 Å². The van der Waals surface area contributed by atoms with E-state index in [2.05, 4.69) is 24.5 Å². The molecule has 2 amide bonds. The Labute approximate surface area is 390 Å². The molecule has 17 heteroatoms. The van der Waals surface area contributed by atoms with Crippen molar-refractivity contribution >= 4 is 52.6 Å².